The first-order valence-electron chi connectivity index (χ1n) is 7.12. The molecule has 2 aromatic carbocycles. The van der Waals surface area contributed by atoms with Crippen LogP contribution in [0.1, 0.15) is 10.4 Å². The van der Waals surface area contributed by atoms with Gasteiger partial charge in [0.15, 0.2) is 0 Å². The van der Waals surface area contributed by atoms with Crippen LogP contribution in [0.2, 0.25) is 0 Å². The lowest BCUT2D eigenvalue weighted by Crippen LogP contribution is -2.17. The Morgan fingerprint density at radius 1 is 1.15 bits per heavy atom. The third kappa shape index (κ3) is 3.46. The summed E-state index contributed by atoms with van der Waals surface area (Å²) in [6, 6.07) is 12.1. The largest absolute Gasteiger partial charge is 0.402 e. The van der Waals surface area contributed by atoms with Crippen LogP contribution < -0.4 is 10.5 Å². The Labute approximate surface area is 156 Å². The van der Waals surface area contributed by atoms with E-state index in [1.807, 2.05) is 0 Å². The number of benzene rings is 2. The summed E-state index contributed by atoms with van der Waals surface area (Å²) < 4.78 is 45.0. The van der Waals surface area contributed by atoms with Crippen molar-refractivity contribution < 1.29 is 22.3 Å². The van der Waals surface area contributed by atoms with E-state index in [4.69, 9.17) is 10.5 Å². The van der Waals surface area contributed by atoms with Gasteiger partial charge in [0.05, 0.1) is 10.5 Å². The Kier molecular flexibility index (Phi) is 4.79. The van der Waals surface area contributed by atoms with Crippen LogP contribution in [0, 0.1) is 5.82 Å². The van der Waals surface area contributed by atoms with Crippen molar-refractivity contribution >= 4 is 37.7 Å². The highest BCUT2D eigenvalue weighted by atomic mass is 79.9. The summed E-state index contributed by atoms with van der Waals surface area (Å²) >= 11 is 3.21. The molecule has 26 heavy (non-hydrogen) atoms. The van der Waals surface area contributed by atoms with Crippen LogP contribution in [-0.2, 0) is 10.0 Å². The number of carbonyl (C=O) groups excluding carboxylic acids is 1. The van der Waals surface area contributed by atoms with Crippen molar-refractivity contribution in [1.29, 1.82) is 0 Å². The predicted octanol–water partition coefficient (Wildman–Crippen LogP) is 2.82. The highest BCUT2D eigenvalue weighted by molar-refractivity contribution is 9.10. The molecule has 7 nitrogen and oxygen atoms in total. The lowest BCUT2D eigenvalue weighted by molar-refractivity contribution is 0.0722. The number of nitrogen functional groups attached to an aromatic ring is 1. The Bertz CT molecular complexity index is 1080. The standard InChI is InChI=1S/C16H11BrFN3O4S/c17-10-5-7-11(8-6-10)26(23,24)21-14(19)9-15(20-21)25-16(22)12-3-1-2-4-13(12)18/h1-9H,19H2. The number of anilines is 1. The number of nitrogens with zero attached hydrogens (tertiary/aromatic N) is 2. The summed E-state index contributed by atoms with van der Waals surface area (Å²) in [5, 5.41) is 3.70. The first-order chi connectivity index (χ1) is 12.3. The zero-order valence-corrected chi connectivity index (χ0v) is 15.4. The molecule has 1 aromatic heterocycles. The third-order valence-corrected chi connectivity index (χ3v) is 5.46. The number of ether oxygens (including phenoxy) is 1. The maximum atomic E-state index is 13.6. The van der Waals surface area contributed by atoms with E-state index < -0.39 is 21.8 Å². The van der Waals surface area contributed by atoms with Crippen LogP contribution >= 0.6 is 15.9 Å². The molecule has 2 N–H and O–H groups in total. The second kappa shape index (κ2) is 6.89. The zero-order valence-electron chi connectivity index (χ0n) is 13.0. The second-order valence-electron chi connectivity index (χ2n) is 5.08. The number of nitrogens with two attached hydrogens (primary N) is 1. The number of hydrogen-bond acceptors (Lipinski definition) is 6. The molecular weight excluding hydrogens is 429 g/mol. The molecule has 3 aromatic rings. The van der Waals surface area contributed by atoms with E-state index in [1.165, 1.54) is 30.3 Å². The van der Waals surface area contributed by atoms with E-state index >= 15 is 0 Å². The normalized spacial score (nSPS) is 11.3. The molecule has 0 unspecified atom stereocenters. The fourth-order valence-corrected chi connectivity index (χ4v) is 3.55. The van der Waals surface area contributed by atoms with Crippen molar-refractivity contribution in [3.63, 3.8) is 0 Å². The molecule has 134 valence electrons. The first-order valence-corrected chi connectivity index (χ1v) is 9.36. The van der Waals surface area contributed by atoms with Gasteiger partial charge >= 0.3 is 5.97 Å². The SMILES string of the molecule is Nc1cc(OC(=O)c2ccccc2F)nn1S(=O)(=O)c1ccc(Br)cc1. The summed E-state index contributed by atoms with van der Waals surface area (Å²) in [5.41, 5.74) is 5.38. The number of rotatable bonds is 4. The fraction of sp³-hybridized carbons (Fsp3) is 0. The molecule has 0 radical (unpaired) electrons. The molecule has 0 spiro atoms. The van der Waals surface area contributed by atoms with E-state index in [-0.39, 0.29) is 22.2 Å². The van der Waals surface area contributed by atoms with Crippen molar-refractivity contribution in [2.75, 3.05) is 5.73 Å². The minimum atomic E-state index is -4.08. The van der Waals surface area contributed by atoms with Gasteiger partial charge in [0.25, 0.3) is 10.0 Å². The van der Waals surface area contributed by atoms with Crippen molar-refractivity contribution in [2.24, 2.45) is 0 Å². The van der Waals surface area contributed by atoms with Crippen LogP contribution in [0.5, 0.6) is 5.88 Å². The summed E-state index contributed by atoms with van der Waals surface area (Å²) in [4.78, 5) is 12.0. The molecular formula is C16H11BrFN3O4S. The Morgan fingerprint density at radius 3 is 2.46 bits per heavy atom. The highest BCUT2D eigenvalue weighted by Gasteiger charge is 2.23. The number of carbonyl (C=O) groups is 1. The molecule has 3 rings (SSSR count). The quantitative estimate of drug-likeness (QED) is 0.626. The van der Waals surface area contributed by atoms with Crippen LogP contribution in [-0.4, -0.2) is 23.6 Å². The second-order valence-corrected chi connectivity index (χ2v) is 7.76. The van der Waals surface area contributed by atoms with Crippen molar-refractivity contribution in [3.05, 3.63) is 70.5 Å². The summed E-state index contributed by atoms with van der Waals surface area (Å²) in [6.45, 7) is 0. The minimum absolute atomic E-state index is 0.0533. The molecule has 0 atom stereocenters. The van der Waals surface area contributed by atoms with E-state index in [9.17, 15) is 17.6 Å². The summed E-state index contributed by atoms with van der Waals surface area (Å²) in [7, 11) is -4.08. The average molecular weight is 440 g/mol. The number of esters is 1. The van der Waals surface area contributed by atoms with Crippen LogP contribution in [0.15, 0.2) is 64.0 Å². The Balaban J connectivity index is 1.91. The lowest BCUT2D eigenvalue weighted by Gasteiger charge is -2.06. The van der Waals surface area contributed by atoms with Gasteiger partial charge in [0.2, 0.25) is 5.88 Å². The van der Waals surface area contributed by atoms with E-state index in [1.54, 1.807) is 12.1 Å². The molecule has 0 saturated carbocycles. The zero-order chi connectivity index (χ0) is 18.9. The first kappa shape index (κ1) is 18.1. The molecule has 0 amide bonds. The average Bonchev–Trinajstić information content (AvgIpc) is 2.96. The summed E-state index contributed by atoms with van der Waals surface area (Å²) in [6.07, 6.45) is 0. The Hall–Kier alpha value is -2.72. The molecule has 0 aliphatic heterocycles. The lowest BCUT2D eigenvalue weighted by atomic mass is 10.2. The van der Waals surface area contributed by atoms with Crippen LogP contribution in [0.25, 0.3) is 0 Å². The minimum Gasteiger partial charge on any atom is -0.402 e. The van der Waals surface area contributed by atoms with Gasteiger partial charge < -0.3 is 10.5 Å². The van der Waals surface area contributed by atoms with E-state index in [0.29, 0.717) is 8.56 Å². The van der Waals surface area contributed by atoms with Gasteiger partial charge in [-0.2, -0.15) is 8.42 Å². The molecule has 0 fully saturated rings. The monoisotopic (exact) mass is 439 g/mol. The van der Waals surface area contributed by atoms with Crippen molar-refractivity contribution in [1.82, 2.24) is 9.19 Å². The van der Waals surface area contributed by atoms with Crippen molar-refractivity contribution in [3.8, 4) is 5.88 Å². The number of hydrogen-bond donors (Lipinski definition) is 1. The van der Waals surface area contributed by atoms with E-state index in [2.05, 4.69) is 21.0 Å². The molecule has 0 aliphatic carbocycles. The number of halogens is 2. The van der Waals surface area contributed by atoms with Gasteiger partial charge in [0, 0.05) is 10.5 Å². The Morgan fingerprint density at radius 2 is 1.81 bits per heavy atom. The van der Waals surface area contributed by atoms with Crippen molar-refractivity contribution in [2.45, 2.75) is 4.90 Å². The van der Waals surface area contributed by atoms with Gasteiger partial charge in [-0.1, -0.05) is 28.1 Å². The van der Waals surface area contributed by atoms with Gasteiger partial charge in [-0.05, 0) is 36.4 Å². The molecule has 0 aliphatic rings. The van der Waals surface area contributed by atoms with Crippen LogP contribution in [0.4, 0.5) is 10.2 Å². The third-order valence-electron chi connectivity index (χ3n) is 3.31. The van der Waals surface area contributed by atoms with Gasteiger partial charge in [-0.25, -0.2) is 9.18 Å². The number of aromatic nitrogens is 2. The topological polar surface area (TPSA) is 104 Å². The molecule has 0 saturated heterocycles. The van der Waals surface area contributed by atoms with Gasteiger partial charge in [-0.3, -0.25) is 0 Å². The van der Waals surface area contributed by atoms with Crippen LogP contribution in [0.3, 0.4) is 0 Å². The smallest absolute Gasteiger partial charge is 0.347 e. The highest BCUT2D eigenvalue weighted by Crippen LogP contribution is 2.23. The van der Waals surface area contributed by atoms with Gasteiger partial charge in [-0.15, -0.1) is 9.19 Å². The van der Waals surface area contributed by atoms with Gasteiger partial charge in [0.1, 0.15) is 11.6 Å². The molecule has 0 bridgehead atoms. The fourth-order valence-electron chi connectivity index (χ4n) is 2.08. The summed E-state index contributed by atoms with van der Waals surface area (Å²) in [5.74, 6) is -2.41. The maximum absolute atomic E-state index is 13.6. The van der Waals surface area contributed by atoms with E-state index in [0.717, 1.165) is 12.1 Å². The predicted molar refractivity (Wildman–Crippen MR) is 94.7 cm³/mol. The molecule has 1 heterocycles. The maximum Gasteiger partial charge on any atom is 0.347 e. The molecule has 10 heteroatoms.